The van der Waals surface area contributed by atoms with Crippen molar-refractivity contribution in [2.75, 3.05) is 62.9 Å². The first kappa shape index (κ1) is 27.2. The van der Waals surface area contributed by atoms with E-state index in [4.69, 9.17) is 4.98 Å². The lowest BCUT2D eigenvalue weighted by Gasteiger charge is -2.39. The molecule has 3 N–H and O–H groups in total. The van der Waals surface area contributed by atoms with Gasteiger partial charge in [-0.15, -0.1) is 0 Å². The first-order chi connectivity index (χ1) is 19.5. The van der Waals surface area contributed by atoms with E-state index in [2.05, 4.69) is 30.8 Å². The number of likely N-dealkylation sites (N-methyl/N-ethyl adjacent to an activating group) is 1. The van der Waals surface area contributed by atoms with Crippen molar-refractivity contribution in [2.24, 2.45) is 0 Å². The van der Waals surface area contributed by atoms with Crippen LogP contribution in [0.4, 0.5) is 27.4 Å². The van der Waals surface area contributed by atoms with Crippen LogP contribution in [0.1, 0.15) is 0 Å². The van der Waals surface area contributed by atoms with Gasteiger partial charge in [-0.2, -0.15) is 0 Å². The summed E-state index contributed by atoms with van der Waals surface area (Å²) in [6, 6.07) is 17.7. The molecule has 206 valence electrons. The molecule has 0 saturated carbocycles. The van der Waals surface area contributed by atoms with Gasteiger partial charge in [0.2, 0.25) is 11.9 Å². The molecule has 1 aliphatic rings. The van der Waals surface area contributed by atoms with Gasteiger partial charge in [-0.25, -0.2) is 14.4 Å². The van der Waals surface area contributed by atoms with Gasteiger partial charge in [-0.05, 0) is 56.6 Å². The van der Waals surface area contributed by atoms with Gasteiger partial charge in [0.05, 0.1) is 11.7 Å². The first-order valence-corrected chi connectivity index (χ1v) is 13.2. The summed E-state index contributed by atoms with van der Waals surface area (Å²) in [6.45, 7) is 2.59. The van der Waals surface area contributed by atoms with Gasteiger partial charge in [0.25, 0.3) is 0 Å². The number of nitrogens with one attached hydrogen (secondary N) is 3. The largest absolute Gasteiger partial charge is 0.380 e. The minimum Gasteiger partial charge on any atom is -0.380 e. The number of benzene rings is 2. The molecule has 2 aromatic carbocycles. The van der Waals surface area contributed by atoms with Gasteiger partial charge in [-0.3, -0.25) is 14.7 Å². The highest BCUT2D eigenvalue weighted by Crippen LogP contribution is 2.28. The average Bonchev–Trinajstić information content (AvgIpc) is 2.92. The van der Waals surface area contributed by atoms with E-state index in [1.54, 1.807) is 12.4 Å². The third-order valence-electron chi connectivity index (χ3n) is 6.51. The number of pyridine rings is 1. The molecule has 0 atom stereocenters. The van der Waals surface area contributed by atoms with Gasteiger partial charge in [-0.1, -0.05) is 18.2 Å². The second kappa shape index (κ2) is 12.6. The fourth-order valence-corrected chi connectivity index (χ4v) is 4.50. The minimum absolute atomic E-state index is 0.189. The number of aromatic nitrogens is 3. The van der Waals surface area contributed by atoms with E-state index in [0.717, 1.165) is 35.4 Å². The fourth-order valence-electron chi connectivity index (χ4n) is 4.50. The van der Waals surface area contributed by atoms with Crippen LogP contribution in [-0.4, -0.2) is 83.6 Å². The number of hydrogen-bond donors (Lipinski definition) is 3. The van der Waals surface area contributed by atoms with Crippen LogP contribution in [0.2, 0.25) is 0 Å². The Morgan fingerprint density at radius 3 is 2.65 bits per heavy atom. The predicted octanol–water partition coefficient (Wildman–Crippen LogP) is 4.56. The Morgan fingerprint density at radius 2 is 1.88 bits per heavy atom. The Bertz CT molecular complexity index is 1490. The second-order valence-corrected chi connectivity index (χ2v) is 10.0. The highest BCUT2D eigenvalue weighted by atomic mass is 19.1. The minimum atomic E-state index is -0.304. The molecule has 0 radical (unpaired) electrons. The summed E-state index contributed by atoms with van der Waals surface area (Å²) in [4.78, 5) is 30.3. The summed E-state index contributed by atoms with van der Waals surface area (Å²) in [5.41, 5.74) is 4.78. The Hall–Kier alpha value is -4.41. The zero-order valence-corrected chi connectivity index (χ0v) is 22.6. The van der Waals surface area contributed by atoms with Crippen LogP contribution in [-0.2, 0) is 4.79 Å². The van der Waals surface area contributed by atoms with E-state index in [0.29, 0.717) is 42.0 Å². The molecule has 5 rings (SSSR count). The molecule has 40 heavy (non-hydrogen) atoms. The predicted molar refractivity (Wildman–Crippen MR) is 159 cm³/mol. The van der Waals surface area contributed by atoms with Gasteiger partial charge < -0.3 is 20.9 Å². The van der Waals surface area contributed by atoms with Gasteiger partial charge in [0.15, 0.2) is 0 Å². The van der Waals surface area contributed by atoms with Crippen LogP contribution in [0.5, 0.6) is 0 Å². The van der Waals surface area contributed by atoms with E-state index >= 15 is 0 Å². The highest BCUT2D eigenvalue weighted by Gasteiger charge is 2.25. The van der Waals surface area contributed by atoms with E-state index in [1.807, 2.05) is 79.7 Å². The maximum absolute atomic E-state index is 12.4. The number of amides is 1. The molecule has 0 spiro atoms. The zero-order valence-electron chi connectivity index (χ0n) is 22.6. The first-order valence-electron chi connectivity index (χ1n) is 13.2. The average molecular weight is 541 g/mol. The maximum atomic E-state index is 12.4. The molecule has 3 heterocycles. The summed E-state index contributed by atoms with van der Waals surface area (Å²) in [5.74, 6) is 0.269. The van der Waals surface area contributed by atoms with Crippen molar-refractivity contribution in [1.82, 2.24) is 24.8 Å². The van der Waals surface area contributed by atoms with Crippen LogP contribution < -0.4 is 16.0 Å². The summed E-state index contributed by atoms with van der Waals surface area (Å²) in [7, 11) is 3.90. The number of fused-ring (bicyclic) bond motifs is 1. The summed E-state index contributed by atoms with van der Waals surface area (Å²) < 4.78 is 12.4. The quantitative estimate of drug-likeness (QED) is 0.238. The highest BCUT2D eigenvalue weighted by molar-refractivity contribution is 6.00. The van der Waals surface area contributed by atoms with E-state index < -0.39 is 0 Å². The van der Waals surface area contributed by atoms with E-state index in [9.17, 15) is 9.18 Å². The van der Waals surface area contributed by atoms with Crippen molar-refractivity contribution >= 4 is 39.8 Å². The molecule has 1 aliphatic heterocycles. The number of likely N-dealkylation sites (tertiary alicyclic amines) is 1. The Kier molecular flexibility index (Phi) is 8.58. The maximum Gasteiger partial charge on any atom is 0.248 e. The third kappa shape index (κ3) is 6.96. The topological polar surface area (TPSA) is 98.3 Å². The smallest absolute Gasteiger partial charge is 0.248 e. The number of carbonyl (C=O) groups excluding carboxylic acids is 1. The molecule has 0 unspecified atom stereocenters. The standard InChI is InChI=1S/C30H33FN8O/c1-38(2)15-4-7-27(40)35-25-6-3-5-21(17-25)28-29-22(12-14-32-28)18-33-30(37-29)36-24-10-8-23(9-11-24)34-26-19-39(20-26)16-13-31/h3-12,14,17-18,26,34H,13,15-16,19-20H2,1-2H3,(H,35,40)(H,33,36,37)/b7-4+. The third-order valence-corrected chi connectivity index (χ3v) is 6.51. The van der Waals surface area contributed by atoms with E-state index in [1.165, 1.54) is 6.08 Å². The lowest BCUT2D eigenvalue weighted by atomic mass is 10.1. The monoisotopic (exact) mass is 540 g/mol. The number of hydrogen-bond acceptors (Lipinski definition) is 8. The number of anilines is 4. The Morgan fingerprint density at radius 1 is 1.07 bits per heavy atom. The number of rotatable bonds is 11. The molecule has 9 nitrogen and oxygen atoms in total. The molecule has 0 bridgehead atoms. The van der Waals surface area contributed by atoms with Crippen molar-refractivity contribution in [1.29, 1.82) is 0 Å². The SMILES string of the molecule is CN(C)C/C=C/C(=O)Nc1cccc(-c2nccc3cnc(Nc4ccc(NC5CN(CCF)C5)cc4)nc23)c1. The lowest BCUT2D eigenvalue weighted by molar-refractivity contribution is -0.111. The van der Waals surface area contributed by atoms with Crippen LogP contribution >= 0.6 is 0 Å². The molecular formula is C30H33FN8O. The fraction of sp³-hybridized carbons (Fsp3) is 0.267. The van der Waals surface area contributed by atoms with Crippen LogP contribution in [0.3, 0.4) is 0 Å². The molecule has 1 saturated heterocycles. The van der Waals surface area contributed by atoms with Crippen LogP contribution in [0.15, 0.2) is 79.1 Å². The molecule has 2 aromatic heterocycles. The van der Waals surface area contributed by atoms with Gasteiger partial charge in [0.1, 0.15) is 12.2 Å². The molecule has 4 aromatic rings. The molecule has 10 heteroatoms. The zero-order chi connectivity index (χ0) is 27.9. The lowest BCUT2D eigenvalue weighted by Crippen LogP contribution is -2.55. The summed E-state index contributed by atoms with van der Waals surface area (Å²) >= 11 is 0. The van der Waals surface area contributed by atoms with Gasteiger partial charge >= 0.3 is 0 Å². The molecule has 1 fully saturated rings. The van der Waals surface area contributed by atoms with Crippen LogP contribution in [0, 0.1) is 0 Å². The number of alkyl halides is 1. The number of carbonyl (C=O) groups is 1. The Labute approximate surface area is 233 Å². The van der Waals surface area contributed by atoms with Gasteiger partial charge in [0, 0.05) is 72.7 Å². The number of halogens is 1. The molecule has 1 amide bonds. The second-order valence-electron chi connectivity index (χ2n) is 10.0. The summed E-state index contributed by atoms with van der Waals surface area (Å²) in [6.07, 6.45) is 6.85. The van der Waals surface area contributed by atoms with Crippen molar-refractivity contribution in [2.45, 2.75) is 6.04 Å². The van der Waals surface area contributed by atoms with Crippen molar-refractivity contribution in [3.8, 4) is 11.3 Å². The van der Waals surface area contributed by atoms with Crippen molar-refractivity contribution in [3.05, 3.63) is 79.1 Å². The van der Waals surface area contributed by atoms with Crippen molar-refractivity contribution in [3.63, 3.8) is 0 Å². The molecule has 0 aliphatic carbocycles. The molecular weight excluding hydrogens is 507 g/mol. The summed E-state index contributed by atoms with van der Waals surface area (Å²) in [5, 5.41) is 10.5. The Balaban J connectivity index is 1.28. The van der Waals surface area contributed by atoms with E-state index in [-0.39, 0.29) is 12.6 Å². The normalized spacial score (nSPS) is 14.0. The van der Waals surface area contributed by atoms with Crippen molar-refractivity contribution < 1.29 is 9.18 Å². The number of nitrogens with zero attached hydrogens (tertiary/aromatic N) is 5. The van der Waals surface area contributed by atoms with Crippen LogP contribution in [0.25, 0.3) is 22.2 Å².